The second kappa shape index (κ2) is 9.17. The number of piperidine rings is 1. The summed E-state index contributed by atoms with van der Waals surface area (Å²) in [5.41, 5.74) is 4.79. The molecule has 1 fully saturated rings. The summed E-state index contributed by atoms with van der Waals surface area (Å²) in [7, 11) is 0. The van der Waals surface area contributed by atoms with Crippen LogP contribution in [0.3, 0.4) is 0 Å². The van der Waals surface area contributed by atoms with Crippen LogP contribution in [0.25, 0.3) is 0 Å². The third-order valence-corrected chi connectivity index (χ3v) is 5.04. The molecule has 0 bridgehead atoms. The average Bonchev–Trinajstić information content (AvgIpc) is 2.66. The molecule has 1 saturated heterocycles. The van der Waals surface area contributed by atoms with Crippen molar-refractivity contribution in [3.8, 4) is 0 Å². The van der Waals surface area contributed by atoms with Crippen molar-refractivity contribution in [2.24, 2.45) is 11.0 Å². The van der Waals surface area contributed by atoms with Crippen LogP contribution >= 0.6 is 23.2 Å². The molecule has 0 spiro atoms. The molecule has 1 aliphatic heterocycles. The Morgan fingerprint density at radius 3 is 2.23 bits per heavy atom. The third kappa shape index (κ3) is 5.56. The van der Waals surface area contributed by atoms with Crippen LogP contribution in [0.5, 0.6) is 0 Å². The molecular formula is C20H21Cl2N3O. The fourth-order valence-electron chi connectivity index (χ4n) is 3.01. The van der Waals surface area contributed by atoms with E-state index in [0.717, 1.165) is 43.1 Å². The van der Waals surface area contributed by atoms with E-state index in [2.05, 4.69) is 15.4 Å². The molecule has 0 unspecified atom stereocenters. The summed E-state index contributed by atoms with van der Waals surface area (Å²) in [6, 6.07) is 15.2. The molecule has 1 amide bonds. The van der Waals surface area contributed by atoms with Gasteiger partial charge in [0.2, 0.25) is 5.91 Å². The van der Waals surface area contributed by atoms with E-state index in [4.69, 9.17) is 23.2 Å². The Morgan fingerprint density at radius 2 is 1.62 bits per heavy atom. The molecule has 1 aliphatic rings. The molecule has 3 rings (SSSR count). The SMILES string of the molecule is O=C(N/N=C\c1ccc(Cl)cc1)C1CCN(Cc2ccc(Cl)cc2)CC1. The van der Waals surface area contributed by atoms with Gasteiger partial charge in [-0.2, -0.15) is 5.10 Å². The average molecular weight is 390 g/mol. The quantitative estimate of drug-likeness (QED) is 0.609. The molecule has 0 radical (unpaired) electrons. The van der Waals surface area contributed by atoms with Crippen LogP contribution in [0.15, 0.2) is 53.6 Å². The van der Waals surface area contributed by atoms with Gasteiger partial charge in [-0.05, 0) is 61.3 Å². The number of nitrogens with zero attached hydrogens (tertiary/aromatic N) is 2. The van der Waals surface area contributed by atoms with Crippen LogP contribution in [-0.4, -0.2) is 30.1 Å². The first-order valence-electron chi connectivity index (χ1n) is 8.65. The Bertz CT molecular complexity index is 752. The zero-order valence-corrected chi connectivity index (χ0v) is 15.9. The van der Waals surface area contributed by atoms with E-state index in [1.165, 1.54) is 5.56 Å². The van der Waals surface area contributed by atoms with E-state index in [1.807, 2.05) is 36.4 Å². The number of rotatable bonds is 5. The van der Waals surface area contributed by atoms with Crippen LogP contribution in [0.1, 0.15) is 24.0 Å². The third-order valence-electron chi connectivity index (χ3n) is 4.54. The lowest BCUT2D eigenvalue weighted by atomic mass is 9.96. The molecule has 0 saturated carbocycles. The summed E-state index contributed by atoms with van der Waals surface area (Å²) in [4.78, 5) is 14.6. The molecule has 6 heteroatoms. The molecular weight excluding hydrogens is 369 g/mol. The number of amides is 1. The number of hydrogen-bond donors (Lipinski definition) is 1. The van der Waals surface area contributed by atoms with Crippen molar-refractivity contribution >= 4 is 35.3 Å². The molecule has 0 aliphatic carbocycles. The monoisotopic (exact) mass is 389 g/mol. The Morgan fingerprint density at radius 1 is 1.04 bits per heavy atom. The van der Waals surface area contributed by atoms with Crippen molar-refractivity contribution < 1.29 is 4.79 Å². The van der Waals surface area contributed by atoms with Crippen molar-refractivity contribution in [3.05, 3.63) is 69.7 Å². The van der Waals surface area contributed by atoms with Crippen LogP contribution in [-0.2, 0) is 11.3 Å². The highest BCUT2D eigenvalue weighted by Crippen LogP contribution is 2.20. The standard InChI is InChI=1S/C20H21Cl2N3O/c21-18-5-1-15(2-6-18)13-23-24-20(26)17-9-11-25(12-10-17)14-16-3-7-19(22)8-4-16/h1-8,13,17H,9-12,14H2,(H,24,26)/b23-13-. The zero-order valence-electron chi connectivity index (χ0n) is 14.4. The second-order valence-electron chi connectivity index (χ2n) is 6.46. The number of nitrogens with one attached hydrogen (secondary N) is 1. The van der Waals surface area contributed by atoms with Gasteiger partial charge in [0.25, 0.3) is 0 Å². The van der Waals surface area contributed by atoms with Gasteiger partial charge in [0.1, 0.15) is 0 Å². The van der Waals surface area contributed by atoms with Gasteiger partial charge in [-0.3, -0.25) is 9.69 Å². The fourth-order valence-corrected chi connectivity index (χ4v) is 3.26. The van der Waals surface area contributed by atoms with Crippen molar-refractivity contribution in [1.29, 1.82) is 0 Å². The molecule has 26 heavy (non-hydrogen) atoms. The summed E-state index contributed by atoms with van der Waals surface area (Å²) >= 11 is 11.8. The molecule has 136 valence electrons. The Hall–Kier alpha value is -1.88. The molecule has 2 aromatic rings. The van der Waals surface area contributed by atoms with Gasteiger partial charge in [-0.1, -0.05) is 47.5 Å². The lowest BCUT2D eigenvalue weighted by Crippen LogP contribution is -2.39. The maximum atomic E-state index is 12.3. The minimum atomic E-state index is -0.0126. The topological polar surface area (TPSA) is 44.7 Å². The minimum absolute atomic E-state index is 0.0126. The number of carbonyl (C=O) groups excluding carboxylic acids is 1. The maximum Gasteiger partial charge on any atom is 0.243 e. The summed E-state index contributed by atoms with van der Waals surface area (Å²) in [5.74, 6) is 0.000178. The van der Waals surface area contributed by atoms with Gasteiger partial charge < -0.3 is 0 Å². The van der Waals surface area contributed by atoms with Gasteiger partial charge in [-0.25, -0.2) is 5.43 Å². The normalized spacial score (nSPS) is 16.1. The van der Waals surface area contributed by atoms with E-state index in [-0.39, 0.29) is 11.8 Å². The number of carbonyl (C=O) groups is 1. The molecule has 0 atom stereocenters. The van der Waals surface area contributed by atoms with Gasteiger partial charge in [0.05, 0.1) is 6.21 Å². The molecule has 4 nitrogen and oxygen atoms in total. The predicted molar refractivity (Wildman–Crippen MR) is 107 cm³/mol. The predicted octanol–water partition coefficient (Wildman–Crippen LogP) is 4.36. The Balaban J connectivity index is 1.43. The number of halogens is 2. The minimum Gasteiger partial charge on any atom is -0.299 e. The first-order valence-corrected chi connectivity index (χ1v) is 9.41. The largest absolute Gasteiger partial charge is 0.299 e. The smallest absolute Gasteiger partial charge is 0.243 e. The number of hydrazone groups is 1. The van der Waals surface area contributed by atoms with E-state index >= 15 is 0 Å². The molecule has 0 aromatic heterocycles. The second-order valence-corrected chi connectivity index (χ2v) is 7.34. The summed E-state index contributed by atoms with van der Waals surface area (Å²) in [6.45, 7) is 2.70. The lowest BCUT2D eigenvalue weighted by molar-refractivity contribution is -0.126. The summed E-state index contributed by atoms with van der Waals surface area (Å²) in [6.07, 6.45) is 3.32. The van der Waals surface area contributed by atoms with Gasteiger partial charge >= 0.3 is 0 Å². The number of benzene rings is 2. The lowest BCUT2D eigenvalue weighted by Gasteiger charge is -2.30. The van der Waals surface area contributed by atoms with Gasteiger partial charge in [-0.15, -0.1) is 0 Å². The van der Waals surface area contributed by atoms with E-state index < -0.39 is 0 Å². The van der Waals surface area contributed by atoms with Crippen LogP contribution in [0.2, 0.25) is 10.0 Å². The van der Waals surface area contributed by atoms with Crippen molar-refractivity contribution in [1.82, 2.24) is 10.3 Å². The molecule has 1 heterocycles. The first-order chi connectivity index (χ1) is 12.6. The Kier molecular flexibility index (Phi) is 6.67. The van der Waals surface area contributed by atoms with Crippen molar-refractivity contribution in [3.63, 3.8) is 0 Å². The molecule has 2 aromatic carbocycles. The highest BCUT2D eigenvalue weighted by Gasteiger charge is 2.24. The fraction of sp³-hybridized carbons (Fsp3) is 0.300. The van der Waals surface area contributed by atoms with Crippen LogP contribution < -0.4 is 5.43 Å². The van der Waals surface area contributed by atoms with Crippen molar-refractivity contribution in [2.75, 3.05) is 13.1 Å². The Labute approximate surface area is 163 Å². The molecule has 1 N–H and O–H groups in total. The van der Waals surface area contributed by atoms with Crippen LogP contribution in [0.4, 0.5) is 0 Å². The summed E-state index contributed by atoms with van der Waals surface area (Å²) < 4.78 is 0. The van der Waals surface area contributed by atoms with Gasteiger partial charge in [0.15, 0.2) is 0 Å². The van der Waals surface area contributed by atoms with E-state index in [0.29, 0.717) is 5.02 Å². The van der Waals surface area contributed by atoms with Crippen molar-refractivity contribution in [2.45, 2.75) is 19.4 Å². The van der Waals surface area contributed by atoms with E-state index in [1.54, 1.807) is 18.3 Å². The summed E-state index contributed by atoms with van der Waals surface area (Å²) in [5, 5.41) is 5.48. The van der Waals surface area contributed by atoms with Crippen LogP contribution in [0, 0.1) is 5.92 Å². The maximum absolute atomic E-state index is 12.3. The first kappa shape index (κ1) is 18.9. The van der Waals surface area contributed by atoms with E-state index in [9.17, 15) is 4.79 Å². The zero-order chi connectivity index (χ0) is 18.4. The highest BCUT2D eigenvalue weighted by molar-refractivity contribution is 6.30. The van der Waals surface area contributed by atoms with Gasteiger partial charge in [0, 0.05) is 22.5 Å². The highest BCUT2D eigenvalue weighted by atomic mass is 35.5. The number of likely N-dealkylation sites (tertiary alicyclic amines) is 1. The number of hydrogen-bond acceptors (Lipinski definition) is 3.